The Kier molecular flexibility index (Phi) is 8.48. The average Bonchev–Trinajstić information content (AvgIpc) is 3.44. The average molecular weight is 672 g/mol. The molecule has 0 aliphatic carbocycles. The summed E-state index contributed by atoms with van der Waals surface area (Å²) in [6, 6.07) is 6.22. The molecule has 3 aromatic heterocycles. The Labute approximate surface area is 267 Å². The molecule has 2 aromatic carbocycles. The SMILES string of the molecule is COc1cnc2c(-c3nc4cc(F)c(OC5CN(C(=O)C(F)(F)F)CCC5OC(=O)Nc5cnc(C)nc5)cc4s3)cc(C)cc2n1. The zero-order chi connectivity index (χ0) is 33.5. The zero-order valence-electron chi connectivity index (χ0n) is 25.0. The summed E-state index contributed by atoms with van der Waals surface area (Å²) in [5.74, 6) is -2.46. The molecule has 0 spiro atoms. The number of carbonyl (C=O) groups excluding carboxylic acids is 2. The number of rotatable bonds is 6. The molecule has 244 valence electrons. The lowest BCUT2D eigenvalue weighted by atomic mass is 10.0. The van der Waals surface area contributed by atoms with Crippen molar-refractivity contribution in [3.63, 3.8) is 0 Å². The fraction of sp³-hybridized carbons (Fsp3) is 0.300. The number of amides is 2. The maximum atomic E-state index is 15.5. The highest BCUT2D eigenvalue weighted by Crippen LogP contribution is 2.38. The summed E-state index contributed by atoms with van der Waals surface area (Å²) in [5, 5.41) is 2.95. The number of piperidine rings is 1. The molecule has 2 atom stereocenters. The molecule has 0 bridgehead atoms. The molecule has 0 radical (unpaired) electrons. The molecule has 1 saturated heterocycles. The molecule has 0 saturated carbocycles. The first kappa shape index (κ1) is 31.8. The summed E-state index contributed by atoms with van der Waals surface area (Å²) >= 11 is 1.21. The summed E-state index contributed by atoms with van der Waals surface area (Å²) in [7, 11) is 1.48. The van der Waals surface area contributed by atoms with E-state index in [1.54, 1.807) is 6.92 Å². The van der Waals surface area contributed by atoms with Crippen LogP contribution in [0.5, 0.6) is 11.6 Å². The van der Waals surface area contributed by atoms with Crippen molar-refractivity contribution in [2.45, 2.75) is 38.7 Å². The van der Waals surface area contributed by atoms with Crippen molar-refractivity contribution in [3.05, 3.63) is 60.1 Å². The number of nitrogens with zero attached hydrogens (tertiary/aromatic N) is 6. The largest absolute Gasteiger partial charge is 0.482 e. The second-order valence-corrected chi connectivity index (χ2v) is 11.7. The monoisotopic (exact) mass is 671 g/mol. The quantitative estimate of drug-likeness (QED) is 0.226. The Morgan fingerprint density at radius 3 is 2.49 bits per heavy atom. The highest BCUT2D eigenvalue weighted by atomic mass is 32.1. The van der Waals surface area contributed by atoms with Crippen LogP contribution in [0.15, 0.2) is 42.9 Å². The molecular formula is C30H25F4N7O5S. The fourth-order valence-corrected chi connectivity index (χ4v) is 6.05. The number of carbonyl (C=O) groups is 2. The molecular weight excluding hydrogens is 646 g/mol. The van der Waals surface area contributed by atoms with E-state index >= 15 is 4.39 Å². The van der Waals surface area contributed by atoms with Crippen LogP contribution in [-0.2, 0) is 9.53 Å². The molecule has 2 unspecified atom stereocenters. The van der Waals surface area contributed by atoms with Crippen molar-refractivity contribution in [3.8, 4) is 22.2 Å². The molecule has 5 aromatic rings. The van der Waals surface area contributed by atoms with Gasteiger partial charge in [-0.1, -0.05) is 0 Å². The van der Waals surface area contributed by atoms with Gasteiger partial charge in [-0.3, -0.25) is 10.1 Å². The number of fused-ring (bicyclic) bond motifs is 2. The first-order valence-corrected chi connectivity index (χ1v) is 14.9. The van der Waals surface area contributed by atoms with Gasteiger partial charge in [0.15, 0.2) is 17.7 Å². The van der Waals surface area contributed by atoms with Gasteiger partial charge >= 0.3 is 18.2 Å². The number of aryl methyl sites for hydroxylation is 2. The van der Waals surface area contributed by atoms with E-state index in [9.17, 15) is 22.8 Å². The minimum Gasteiger partial charge on any atom is -0.482 e. The van der Waals surface area contributed by atoms with Gasteiger partial charge in [-0.05, 0) is 31.5 Å². The van der Waals surface area contributed by atoms with Crippen molar-refractivity contribution >= 4 is 50.3 Å². The lowest BCUT2D eigenvalue weighted by Gasteiger charge is -2.38. The topological polar surface area (TPSA) is 142 Å². The van der Waals surface area contributed by atoms with Crippen LogP contribution in [-0.4, -0.2) is 80.4 Å². The van der Waals surface area contributed by atoms with Gasteiger partial charge in [-0.2, -0.15) is 13.2 Å². The van der Waals surface area contributed by atoms with E-state index in [1.165, 1.54) is 43.1 Å². The third kappa shape index (κ3) is 6.84. The van der Waals surface area contributed by atoms with Crippen LogP contribution in [0.3, 0.4) is 0 Å². The van der Waals surface area contributed by atoms with Gasteiger partial charge in [0, 0.05) is 30.7 Å². The van der Waals surface area contributed by atoms with E-state index in [4.69, 9.17) is 14.2 Å². The number of benzene rings is 2. The number of methoxy groups -OCH3 is 1. The van der Waals surface area contributed by atoms with Crippen molar-refractivity contribution in [2.24, 2.45) is 0 Å². The lowest BCUT2D eigenvalue weighted by molar-refractivity contribution is -0.189. The van der Waals surface area contributed by atoms with Crippen LogP contribution in [0.4, 0.5) is 28.0 Å². The van der Waals surface area contributed by atoms with Gasteiger partial charge in [0.1, 0.15) is 16.9 Å². The third-order valence-corrected chi connectivity index (χ3v) is 8.29. The number of alkyl halides is 3. The van der Waals surface area contributed by atoms with Crippen LogP contribution >= 0.6 is 11.3 Å². The first-order chi connectivity index (χ1) is 22.4. The molecule has 12 nitrogen and oxygen atoms in total. The summed E-state index contributed by atoms with van der Waals surface area (Å²) in [6.07, 6.45) is -4.62. The van der Waals surface area contributed by atoms with Crippen LogP contribution in [0.2, 0.25) is 0 Å². The zero-order valence-corrected chi connectivity index (χ0v) is 25.8. The maximum absolute atomic E-state index is 15.5. The van der Waals surface area contributed by atoms with Crippen LogP contribution < -0.4 is 14.8 Å². The number of hydrogen-bond acceptors (Lipinski definition) is 11. The molecule has 47 heavy (non-hydrogen) atoms. The van der Waals surface area contributed by atoms with Crippen LogP contribution in [0.1, 0.15) is 17.8 Å². The normalized spacial score (nSPS) is 16.7. The van der Waals surface area contributed by atoms with Crippen molar-refractivity contribution in [1.82, 2.24) is 29.8 Å². The molecule has 1 N–H and O–H groups in total. The predicted molar refractivity (Wildman–Crippen MR) is 162 cm³/mol. The fourth-order valence-electron chi connectivity index (χ4n) is 5.06. The number of hydrogen-bond donors (Lipinski definition) is 1. The molecule has 17 heteroatoms. The van der Waals surface area contributed by atoms with E-state index in [0.717, 1.165) is 11.6 Å². The number of anilines is 1. The molecule has 1 aliphatic heterocycles. The van der Waals surface area contributed by atoms with E-state index < -0.39 is 42.7 Å². The second-order valence-electron chi connectivity index (χ2n) is 10.6. The number of ether oxygens (including phenoxy) is 3. The van der Waals surface area contributed by atoms with Gasteiger partial charge in [0.05, 0.1) is 59.2 Å². The van der Waals surface area contributed by atoms with E-state index in [0.29, 0.717) is 48.4 Å². The first-order valence-electron chi connectivity index (χ1n) is 14.1. The maximum Gasteiger partial charge on any atom is 0.471 e. The second kappa shape index (κ2) is 12.5. The van der Waals surface area contributed by atoms with Crippen molar-refractivity contribution in [1.29, 1.82) is 0 Å². The number of thiazole rings is 1. The number of halogens is 4. The third-order valence-electron chi connectivity index (χ3n) is 7.24. The Morgan fingerprint density at radius 1 is 1.00 bits per heavy atom. The Balaban J connectivity index is 1.29. The Hall–Kier alpha value is -5.19. The van der Waals surface area contributed by atoms with Gasteiger partial charge in [0.25, 0.3) is 0 Å². The minimum absolute atomic E-state index is 0.203. The Morgan fingerprint density at radius 2 is 1.77 bits per heavy atom. The smallest absolute Gasteiger partial charge is 0.471 e. The Bertz CT molecular complexity index is 1990. The molecule has 2 amide bonds. The van der Waals surface area contributed by atoms with Gasteiger partial charge in [0.2, 0.25) is 5.88 Å². The number of aromatic nitrogens is 5. The summed E-state index contributed by atoms with van der Waals surface area (Å²) in [6.45, 7) is 2.54. The van der Waals surface area contributed by atoms with Crippen LogP contribution in [0.25, 0.3) is 31.8 Å². The van der Waals surface area contributed by atoms with E-state index in [1.807, 2.05) is 19.1 Å². The lowest BCUT2D eigenvalue weighted by Crippen LogP contribution is -2.55. The summed E-state index contributed by atoms with van der Waals surface area (Å²) in [4.78, 5) is 46.7. The summed E-state index contributed by atoms with van der Waals surface area (Å²) in [5.41, 5.74) is 3.19. The highest BCUT2D eigenvalue weighted by molar-refractivity contribution is 7.21. The minimum atomic E-state index is -5.14. The van der Waals surface area contributed by atoms with Crippen molar-refractivity contribution < 1.29 is 41.4 Å². The van der Waals surface area contributed by atoms with Gasteiger partial charge in [-0.25, -0.2) is 34.1 Å². The highest BCUT2D eigenvalue weighted by Gasteiger charge is 2.46. The van der Waals surface area contributed by atoms with Crippen molar-refractivity contribution in [2.75, 3.05) is 25.5 Å². The standard InChI is InChI=1S/C30H25F4N7O5S/c1-14-6-17(26-20(7-14)39-25(44-3)12-37-26)27-40-19-8-18(31)22(9-24(19)47-27)45-23-13-41(28(42)30(32,33)34)5-4-21(23)46-29(43)38-16-10-35-15(2)36-11-16/h6-12,21,23H,4-5,13H2,1-3H3,(H,38,43). The summed E-state index contributed by atoms with van der Waals surface area (Å²) < 4.78 is 72.3. The molecule has 1 fully saturated rings. The predicted octanol–water partition coefficient (Wildman–Crippen LogP) is 5.62. The molecule has 4 heterocycles. The van der Waals surface area contributed by atoms with Gasteiger partial charge in [-0.15, -0.1) is 11.3 Å². The number of nitrogens with one attached hydrogen (secondary N) is 1. The van der Waals surface area contributed by atoms with E-state index in [-0.39, 0.29) is 24.4 Å². The molecule has 6 rings (SSSR count). The van der Waals surface area contributed by atoms with E-state index in [2.05, 4.69) is 30.2 Å². The number of likely N-dealkylation sites (tertiary alicyclic amines) is 1. The van der Waals surface area contributed by atoms with Crippen LogP contribution in [0, 0.1) is 19.7 Å². The van der Waals surface area contributed by atoms with Gasteiger partial charge < -0.3 is 19.1 Å². The molecule has 1 aliphatic rings.